The Morgan fingerprint density at radius 3 is 2.78 bits per heavy atom. The highest BCUT2D eigenvalue weighted by molar-refractivity contribution is 5.82. The molecule has 3 aromatic heterocycles. The Kier molecular flexibility index (Phi) is 4.27. The summed E-state index contributed by atoms with van der Waals surface area (Å²) in [5, 5.41) is 7.17. The van der Waals surface area contributed by atoms with Crippen molar-refractivity contribution in [1.82, 2.24) is 19.5 Å². The largest absolute Gasteiger partial charge is 0.463 e. The van der Waals surface area contributed by atoms with Gasteiger partial charge in [-0.2, -0.15) is 5.10 Å². The van der Waals surface area contributed by atoms with Gasteiger partial charge >= 0.3 is 0 Å². The van der Waals surface area contributed by atoms with Gasteiger partial charge in [0.25, 0.3) is 5.56 Å². The monoisotopic (exact) mass is 364 g/mol. The molecule has 4 rings (SSSR count). The summed E-state index contributed by atoms with van der Waals surface area (Å²) in [7, 11) is 0. The third-order valence-corrected chi connectivity index (χ3v) is 4.73. The van der Waals surface area contributed by atoms with E-state index in [0.29, 0.717) is 23.5 Å². The van der Waals surface area contributed by atoms with Crippen molar-refractivity contribution in [2.75, 3.05) is 6.54 Å². The summed E-state index contributed by atoms with van der Waals surface area (Å²) in [6, 6.07) is 13.4. The highest BCUT2D eigenvalue weighted by atomic mass is 16.3. The molecule has 7 heteroatoms. The van der Waals surface area contributed by atoms with Crippen LogP contribution in [0.4, 0.5) is 0 Å². The van der Waals surface area contributed by atoms with E-state index in [9.17, 15) is 9.59 Å². The third kappa shape index (κ3) is 3.12. The van der Waals surface area contributed by atoms with Crippen LogP contribution in [0.5, 0.6) is 0 Å². The molecule has 0 bridgehead atoms. The maximum absolute atomic E-state index is 12.7. The first-order valence-corrected chi connectivity index (χ1v) is 8.82. The summed E-state index contributed by atoms with van der Waals surface area (Å²) in [5.74, 6) is 0.555. The van der Waals surface area contributed by atoms with Crippen LogP contribution in [0, 0.1) is 6.92 Å². The van der Waals surface area contributed by atoms with Crippen molar-refractivity contribution in [2.24, 2.45) is 0 Å². The molecule has 0 spiro atoms. The number of aromatic nitrogens is 3. The molecule has 27 heavy (non-hydrogen) atoms. The van der Waals surface area contributed by atoms with E-state index in [2.05, 4.69) is 10.4 Å². The van der Waals surface area contributed by atoms with Gasteiger partial charge in [0.15, 0.2) is 5.58 Å². The lowest BCUT2D eigenvalue weighted by Crippen LogP contribution is -2.36. The van der Waals surface area contributed by atoms with Crippen molar-refractivity contribution in [3.05, 3.63) is 70.5 Å². The summed E-state index contributed by atoms with van der Waals surface area (Å²) in [6.45, 7) is 4.22. The average molecular weight is 364 g/mol. The van der Waals surface area contributed by atoms with E-state index in [1.54, 1.807) is 29.7 Å². The van der Waals surface area contributed by atoms with E-state index in [0.717, 1.165) is 11.1 Å². The lowest BCUT2D eigenvalue weighted by molar-refractivity contribution is -0.121. The van der Waals surface area contributed by atoms with Crippen molar-refractivity contribution >= 4 is 22.5 Å². The maximum Gasteiger partial charge on any atom is 0.291 e. The number of nitrogens with zero attached hydrogens (tertiary/aromatic N) is 3. The maximum atomic E-state index is 12.7. The molecule has 3 heterocycles. The van der Waals surface area contributed by atoms with Crippen molar-refractivity contribution in [3.8, 4) is 0 Å². The molecule has 0 fully saturated rings. The topological polar surface area (TPSA) is 81.5 Å². The quantitative estimate of drug-likeness (QED) is 0.590. The van der Waals surface area contributed by atoms with E-state index >= 15 is 0 Å². The number of fused-ring (bicyclic) bond motifs is 3. The number of benzene rings is 1. The first-order valence-electron chi connectivity index (χ1n) is 8.82. The number of hydrogen-bond donors (Lipinski definition) is 1. The minimum absolute atomic E-state index is 0.121. The Labute approximate surface area is 155 Å². The average Bonchev–Trinajstić information content (AvgIpc) is 3.26. The Hall–Kier alpha value is -3.35. The lowest BCUT2D eigenvalue weighted by atomic mass is 10.0. The molecule has 1 N–H and O–H groups in total. The molecule has 0 aliphatic carbocycles. The molecule has 1 aromatic carbocycles. The smallest absolute Gasteiger partial charge is 0.291 e. The van der Waals surface area contributed by atoms with Crippen LogP contribution in [-0.2, 0) is 11.3 Å². The van der Waals surface area contributed by atoms with Crippen molar-refractivity contribution in [2.45, 2.75) is 26.3 Å². The number of carbonyl (C=O) groups excluding carboxylic acids is 1. The van der Waals surface area contributed by atoms with Gasteiger partial charge in [-0.25, -0.2) is 4.68 Å². The molecule has 7 nitrogen and oxygen atoms in total. The standard InChI is InChI=1S/C20H20N4O3/c1-13(15-6-4-3-5-7-15)11-21-19(25)12-23-20(26)17-10-18-16(8-9-27-18)24(17)14(2)22-23/h3-10,13H,11-12H2,1-2H3,(H,21,25)/t13-/m0/s1. The second kappa shape index (κ2) is 6.75. The molecule has 138 valence electrons. The summed E-state index contributed by atoms with van der Waals surface area (Å²) >= 11 is 0. The highest BCUT2D eigenvalue weighted by Crippen LogP contribution is 2.19. The Bertz CT molecular complexity index is 1170. The molecular weight excluding hydrogens is 344 g/mol. The van der Waals surface area contributed by atoms with Crippen LogP contribution in [-0.4, -0.2) is 26.6 Å². The Morgan fingerprint density at radius 2 is 2.00 bits per heavy atom. The number of carbonyl (C=O) groups is 1. The van der Waals surface area contributed by atoms with Gasteiger partial charge in [0.1, 0.15) is 17.9 Å². The number of furan rings is 1. The second-order valence-corrected chi connectivity index (χ2v) is 6.66. The zero-order valence-corrected chi connectivity index (χ0v) is 15.2. The van der Waals surface area contributed by atoms with Crippen molar-refractivity contribution in [1.29, 1.82) is 0 Å². The summed E-state index contributed by atoms with van der Waals surface area (Å²) in [4.78, 5) is 25.0. The zero-order valence-electron chi connectivity index (χ0n) is 15.2. The van der Waals surface area contributed by atoms with Gasteiger partial charge < -0.3 is 9.73 Å². The van der Waals surface area contributed by atoms with Gasteiger partial charge in [0.2, 0.25) is 5.91 Å². The normalized spacial score (nSPS) is 12.5. The molecular formula is C20H20N4O3. The van der Waals surface area contributed by atoms with Gasteiger partial charge in [-0.3, -0.25) is 14.0 Å². The molecule has 1 amide bonds. The molecule has 4 aromatic rings. The zero-order chi connectivity index (χ0) is 19.0. The molecule has 0 aliphatic rings. The molecule has 0 radical (unpaired) electrons. The number of nitrogens with one attached hydrogen (secondary N) is 1. The van der Waals surface area contributed by atoms with Crippen LogP contribution in [0.15, 0.2) is 57.9 Å². The number of aryl methyl sites for hydroxylation is 1. The van der Waals surface area contributed by atoms with E-state index in [1.165, 1.54) is 4.68 Å². The Balaban J connectivity index is 1.52. The van der Waals surface area contributed by atoms with Crippen LogP contribution >= 0.6 is 0 Å². The minimum Gasteiger partial charge on any atom is -0.463 e. The van der Waals surface area contributed by atoms with Crippen molar-refractivity contribution in [3.63, 3.8) is 0 Å². The summed E-state index contributed by atoms with van der Waals surface area (Å²) in [5.41, 5.74) is 2.69. The summed E-state index contributed by atoms with van der Waals surface area (Å²) < 4.78 is 8.31. The van der Waals surface area contributed by atoms with Gasteiger partial charge in [-0.15, -0.1) is 0 Å². The van der Waals surface area contributed by atoms with Crippen LogP contribution in [0.3, 0.4) is 0 Å². The SMILES string of the molecule is Cc1nn(CC(=O)NC[C@H](C)c2ccccc2)c(=O)c2cc3occc3n12. The predicted octanol–water partition coefficient (Wildman–Crippen LogP) is 2.47. The minimum atomic E-state index is -0.321. The van der Waals surface area contributed by atoms with Crippen LogP contribution in [0.2, 0.25) is 0 Å². The molecule has 0 aliphatic heterocycles. The third-order valence-electron chi connectivity index (χ3n) is 4.73. The van der Waals surface area contributed by atoms with E-state index in [4.69, 9.17) is 4.42 Å². The van der Waals surface area contributed by atoms with Gasteiger partial charge in [-0.05, 0) is 18.4 Å². The van der Waals surface area contributed by atoms with E-state index in [-0.39, 0.29) is 23.9 Å². The number of rotatable bonds is 5. The van der Waals surface area contributed by atoms with Crippen molar-refractivity contribution < 1.29 is 9.21 Å². The fourth-order valence-electron chi connectivity index (χ4n) is 3.29. The lowest BCUT2D eigenvalue weighted by Gasteiger charge is -2.13. The van der Waals surface area contributed by atoms with Crippen LogP contribution in [0.25, 0.3) is 16.6 Å². The van der Waals surface area contributed by atoms with E-state index in [1.807, 2.05) is 37.3 Å². The number of amides is 1. The molecule has 0 unspecified atom stereocenters. The van der Waals surface area contributed by atoms with Gasteiger partial charge in [0, 0.05) is 18.7 Å². The Morgan fingerprint density at radius 1 is 1.22 bits per heavy atom. The molecule has 1 atom stereocenters. The molecule has 0 saturated heterocycles. The fraction of sp³-hybridized carbons (Fsp3) is 0.250. The first kappa shape index (κ1) is 17.1. The number of hydrogen-bond acceptors (Lipinski definition) is 4. The predicted molar refractivity (Wildman–Crippen MR) is 102 cm³/mol. The van der Waals surface area contributed by atoms with E-state index < -0.39 is 0 Å². The summed E-state index contributed by atoms with van der Waals surface area (Å²) in [6.07, 6.45) is 1.57. The first-order chi connectivity index (χ1) is 13.0. The second-order valence-electron chi connectivity index (χ2n) is 6.66. The van der Waals surface area contributed by atoms with Gasteiger partial charge in [-0.1, -0.05) is 37.3 Å². The van der Waals surface area contributed by atoms with Gasteiger partial charge in [0.05, 0.1) is 11.8 Å². The van der Waals surface area contributed by atoms with Crippen LogP contribution < -0.4 is 10.9 Å². The fourth-order valence-corrected chi connectivity index (χ4v) is 3.29. The van der Waals surface area contributed by atoms with Crippen LogP contribution in [0.1, 0.15) is 24.2 Å². The highest BCUT2D eigenvalue weighted by Gasteiger charge is 2.16. The molecule has 0 saturated carbocycles.